The SMILES string of the molecule is COc1cccc(C2C(C(=O)c3cccs3)=C(O)C(=O)N2c2ccc(NC(C)=O)cc2)c1. The van der Waals surface area contributed by atoms with Crippen LogP contribution in [0, 0.1) is 0 Å². The van der Waals surface area contributed by atoms with Crippen molar-refractivity contribution in [3.05, 3.63) is 87.8 Å². The molecule has 2 heterocycles. The van der Waals surface area contributed by atoms with Crippen LogP contribution in [0.2, 0.25) is 0 Å². The first-order chi connectivity index (χ1) is 15.4. The summed E-state index contributed by atoms with van der Waals surface area (Å²) in [6.45, 7) is 1.40. The number of Topliss-reactive ketones (excluding diaryl/α,β-unsaturated/α-hetero) is 1. The maximum absolute atomic E-state index is 13.3. The van der Waals surface area contributed by atoms with Crippen molar-refractivity contribution in [1.29, 1.82) is 0 Å². The molecule has 8 heteroatoms. The molecule has 1 aliphatic rings. The number of hydrogen-bond donors (Lipinski definition) is 2. The third-order valence-corrected chi connectivity index (χ3v) is 5.94. The van der Waals surface area contributed by atoms with Crippen LogP contribution in [0.1, 0.15) is 28.2 Å². The molecule has 4 rings (SSSR count). The van der Waals surface area contributed by atoms with E-state index in [0.717, 1.165) is 0 Å². The van der Waals surface area contributed by atoms with E-state index < -0.39 is 23.5 Å². The minimum absolute atomic E-state index is 0.0108. The molecule has 1 unspecified atom stereocenters. The van der Waals surface area contributed by atoms with Crippen LogP contribution in [-0.2, 0) is 9.59 Å². The number of carbonyl (C=O) groups excluding carboxylic acids is 3. The predicted octanol–water partition coefficient (Wildman–Crippen LogP) is 4.50. The fraction of sp³-hybridized carbons (Fsp3) is 0.125. The van der Waals surface area contributed by atoms with Gasteiger partial charge in [-0.3, -0.25) is 19.3 Å². The molecule has 3 aromatic rings. The minimum atomic E-state index is -0.848. The van der Waals surface area contributed by atoms with Crippen LogP contribution in [0.4, 0.5) is 11.4 Å². The zero-order valence-electron chi connectivity index (χ0n) is 17.4. The molecule has 0 aliphatic carbocycles. The number of benzene rings is 2. The number of methoxy groups -OCH3 is 1. The smallest absolute Gasteiger partial charge is 0.294 e. The summed E-state index contributed by atoms with van der Waals surface area (Å²) in [5.74, 6) is -1.32. The van der Waals surface area contributed by atoms with E-state index in [1.807, 2.05) is 0 Å². The Morgan fingerprint density at radius 1 is 1.09 bits per heavy atom. The van der Waals surface area contributed by atoms with Crippen molar-refractivity contribution in [2.45, 2.75) is 13.0 Å². The lowest BCUT2D eigenvalue weighted by Gasteiger charge is -2.27. The van der Waals surface area contributed by atoms with Gasteiger partial charge in [0.1, 0.15) is 5.75 Å². The highest BCUT2D eigenvalue weighted by molar-refractivity contribution is 7.12. The molecule has 0 fully saturated rings. The molecule has 2 amide bonds. The molecule has 32 heavy (non-hydrogen) atoms. The first kappa shape index (κ1) is 21.3. The fourth-order valence-electron chi connectivity index (χ4n) is 3.68. The number of ether oxygens (including phenoxy) is 1. The van der Waals surface area contributed by atoms with Gasteiger partial charge in [-0.1, -0.05) is 18.2 Å². The van der Waals surface area contributed by atoms with Crippen LogP contribution < -0.4 is 15.0 Å². The number of nitrogens with zero attached hydrogens (tertiary/aromatic N) is 1. The lowest BCUT2D eigenvalue weighted by molar-refractivity contribution is -0.117. The van der Waals surface area contributed by atoms with Crippen molar-refractivity contribution < 1.29 is 24.2 Å². The summed E-state index contributed by atoms with van der Waals surface area (Å²) in [6.07, 6.45) is 0. The van der Waals surface area contributed by atoms with E-state index in [1.54, 1.807) is 66.0 Å². The van der Waals surface area contributed by atoms with Crippen LogP contribution in [0.5, 0.6) is 5.75 Å². The van der Waals surface area contributed by atoms with E-state index >= 15 is 0 Å². The van der Waals surface area contributed by atoms with E-state index in [-0.39, 0.29) is 11.5 Å². The minimum Gasteiger partial charge on any atom is -0.503 e. The van der Waals surface area contributed by atoms with E-state index in [4.69, 9.17) is 4.74 Å². The summed E-state index contributed by atoms with van der Waals surface area (Å²) >= 11 is 1.24. The number of aliphatic hydroxyl groups excluding tert-OH is 1. The molecule has 0 bridgehead atoms. The third-order valence-electron chi connectivity index (χ3n) is 5.07. The van der Waals surface area contributed by atoms with Crippen LogP contribution in [-0.4, -0.2) is 29.8 Å². The maximum Gasteiger partial charge on any atom is 0.294 e. The number of ketones is 1. The number of hydrogen-bond acceptors (Lipinski definition) is 6. The number of carbonyl (C=O) groups is 3. The molecule has 7 nitrogen and oxygen atoms in total. The summed E-state index contributed by atoms with van der Waals surface area (Å²) in [7, 11) is 1.53. The lowest BCUT2D eigenvalue weighted by Crippen LogP contribution is -2.31. The molecule has 2 N–H and O–H groups in total. The van der Waals surface area contributed by atoms with E-state index in [1.165, 1.54) is 30.3 Å². The Kier molecular flexibility index (Phi) is 5.79. The maximum atomic E-state index is 13.3. The number of aliphatic hydroxyl groups is 1. The Hall–Kier alpha value is -3.91. The summed E-state index contributed by atoms with van der Waals surface area (Å²) in [4.78, 5) is 39.6. The molecule has 0 saturated carbocycles. The van der Waals surface area contributed by atoms with Crippen molar-refractivity contribution in [3.8, 4) is 5.75 Å². The summed E-state index contributed by atoms with van der Waals surface area (Å²) in [5.41, 5.74) is 1.67. The Morgan fingerprint density at radius 3 is 2.47 bits per heavy atom. The van der Waals surface area contributed by atoms with E-state index in [9.17, 15) is 19.5 Å². The number of amides is 2. The Morgan fingerprint density at radius 2 is 1.84 bits per heavy atom. The molecule has 0 radical (unpaired) electrons. The van der Waals surface area contributed by atoms with Gasteiger partial charge >= 0.3 is 0 Å². The second kappa shape index (κ2) is 8.68. The van der Waals surface area contributed by atoms with Gasteiger partial charge in [0.15, 0.2) is 5.76 Å². The Labute approximate surface area is 188 Å². The number of rotatable bonds is 6. The molecule has 1 aliphatic heterocycles. The number of thiophene rings is 1. The van der Waals surface area contributed by atoms with Crippen LogP contribution in [0.15, 0.2) is 77.4 Å². The second-order valence-electron chi connectivity index (χ2n) is 7.15. The topological polar surface area (TPSA) is 95.9 Å². The first-order valence-electron chi connectivity index (χ1n) is 9.77. The molecule has 162 valence electrons. The van der Waals surface area contributed by atoms with Crippen LogP contribution >= 0.6 is 11.3 Å². The highest BCUT2D eigenvalue weighted by atomic mass is 32.1. The third kappa shape index (κ3) is 3.88. The van der Waals surface area contributed by atoms with E-state index in [0.29, 0.717) is 27.6 Å². The normalized spacial score (nSPS) is 15.8. The van der Waals surface area contributed by atoms with Gasteiger partial charge in [-0.05, 0) is 53.4 Å². The average molecular weight is 449 g/mol. The largest absolute Gasteiger partial charge is 0.503 e. The van der Waals surface area contributed by atoms with Crippen molar-refractivity contribution in [2.75, 3.05) is 17.3 Å². The first-order valence-corrected chi connectivity index (χ1v) is 10.6. The average Bonchev–Trinajstić information content (AvgIpc) is 3.41. The molecule has 0 spiro atoms. The van der Waals surface area contributed by atoms with Gasteiger partial charge in [0.2, 0.25) is 11.7 Å². The van der Waals surface area contributed by atoms with Crippen molar-refractivity contribution in [3.63, 3.8) is 0 Å². The van der Waals surface area contributed by atoms with Gasteiger partial charge in [-0.2, -0.15) is 0 Å². The van der Waals surface area contributed by atoms with Gasteiger partial charge < -0.3 is 15.2 Å². The van der Waals surface area contributed by atoms with Gasteiger partial charge in [-0.15, -0.1) is 11.3 Å². The number of anilines is 2. The molecule has 0 saturated heterocycles. The molecule has 1 atom stereocenters. The lowest BCUT2D eigenvalue weighted by atomic mass is 9.95. The predicted molar refractivity (Wildman–Crippen MR) is 122 cm³/mol. The summed E-state index contributed by atoms with van der Waals surface area (Å²) in [6, 6.07) is 16.2. The zero-order chi connectivity index (χ0) is 22.8. The van der Waals surface area contributed by atoms with Gasteiger partial charge in [0.25, 0.3) is 5.91 Å². The molecular formula is C24H20N2O5S. The fourth-order valence-corrected chi connectivity index (χ4v) is 4.36. The van der Waals surface area contributed by atoms with Gasteiger partial charge in [0, 0.05) is 18.3 Å². The zero-order valence-corrected chi connectivity index (χ0v) is 18.2. The van der Waals surface area contributed by atoms with Crippen molar-refractivity contribution >= 4 is 40.3 Å². The number of nitrogens with one attached hydrogen (secondary N) is 1. The highest BCUT2D eigenvalue weighted by Gasteiger charge is 2.45. The Balaban J connectivity index is 1.82. The van der Waals surface area contributed by atoms with Crippen molar-refractivity contribution in [2.24, 2.45) is 0 Å². The quantitative estimate of drug-likeness (QED) is 0.542. The van der Waals surface area contributed by atoms with Crippen LogP contribution in [0.3, 0.4) is 0 Å². The molecular weight excluding hydrogens is 428 g/mol. The molecule has 1 aromatic heterocycles. The summed E-state index contributed by atoms with van der Waals surface area (Å²) in [5, 5.41) is 15.2. The Bertz CT molecular complexity index is 1220. The summed E-state index contributed by atoms with van der Waals surface area (Å²) < 4.78 is 5.32. The molecule has 2 aromatic carbocycles. The van der Waals surface area contributed by atoms with Gasteiger partial charge in [-0.25, -0.2) is 0 Å². The van der Waals surface area contributed by atoms with Crippen molar-refractivity contribution in [1.82, 2.24) is 0 Å². The monoisotopic (exact) mass is 448 g/mol. The second-order valence-corrected chi connectivity index (χ2v) is 8.10. The standard InChI is InChI=1S/C24H20N2O5S/c1-14(27)25-16-8-10-17(11-9-16)26-21(15-5-3-6-18(13-15)31-2)20(23(29)24(26)30)22(28)19-7-4-12-32-19/h3-13,21,29H,1-2H3,(H,25,27). The van der Waals surface area contributed by atoms with E-state index in [2.05, 4.69) is 5.32 Å². The van der Waals surface area contributed by atoms with Gasteiger partial charge in [0.05, 0.1) is 23.6 Å². The highest BCUT2D eigenvalue weighted by Crippen LogP contribution is 2.43. The van der Waals surface area contributed by atoms with Crippen LogP contribution in [0.25, 0.3) is 0 Å².